The molecule has 1 aliphatic carbocycles. The van der Waals surface area contributed by atoms with Gasteiger partial charge in [-0.15, -0.1) is 0 Å². The Kier molecular flexibility index (Phi) is 9.39. The molecule has 0 unspecified atom stereocenters. The van der Waals surface area contributed by atoms with E-state index in [1.54, 1.807) is 18.2 Å². The SMILES string of the molecule is CC(C)(C)c1ccc(OCC(=O)N(Cc2ccccc2F)[C@H](Cc2ccccc2)C(=O)NC2CCCC2)cc1. The average Bonchev–Trinajstić information content (AvgIpc) is 3.43. The van der Waals surface area contributed by atoms with Crippen LogP contribution in [0.25, 0.3) is 0 Å². The monoisotopic (exact) mass is 530 g/mol. The molecular formula is C33H39FN2O3. The fourth-order valence-corrected chi connectivity index (χ4v) is 5.01. The van der Waals surface area contributed by atoms with Gasteiger partial charge in [-0.1, -0.05) is 94.3 Å². The van der Waals surface area contributed by atoms with E-state index >= 15 is 0 Å². The zero-order valence-corrected chi connectivity index (χ0v) is 23.2. The van der Waals surface area contributed by atoms with Crippen molar-refractivity contribution in [3.8, 4) is 5.75 Å². The minimum Gasteiger partial charge on any atom is -0.484 e. The van der Waals surface area contributed by atoms with Crippen molar-refractivity contribution in [3.05, 3.63) is 101 Å². The highest BCUT2D eigenvalue weighted by Crippen LogP contribution is 2.25. The summed E-state index contributed by atoms with van der Waals surface area (Å²) in [6, 6.07) is 23.0. The molecule has 39 heavy (non-hydrogen) atoms. The molecule has 3 aromatic rings. The first-order valence-electron chi connectivity index (χ1n) is 13.8. The summed E-state index contributed by atoms with van der Waals surface area (Å²) in [4.78, 5) is 28.9. The number of amides is 2. The van der Waals surface area contributed by atoms with Gasteiger partial charge in [-0.05, 0) is 47.6 Å². The number of rotatable bonds is 10. The molecule has 0 heterocycles. The summed E-state index contributed by atoms with van der Waals surface area (Å²) in [7, 11) is 0. The summed E-state index contributed by atoms with van der Waals surface area (Å²) < 4.78 is 20.6. The van der Waals surface area contributed by atoms with E-state index in [0.29, 0.717) is 17.7 Å². The summed E-state index contributed by atoms with van der Waals surface area (Å²) in [6.07, 6.45) is 4.33. The van der Waals surface area contributed by atoms with Gasteiger partial charge < -0.3 is 15.0 Å². The molecule has 1 fully saturated rings. The summed E-state index contributed by atoms with van der Waals surface area (Å²) in [5, 5.41) is 3.16. The van der Waals surface area contributed by atoms with Crippen molar-refractivity contribution < 1.29 is 18.7 Å². The van der Waals surface area contributed by atoms with Gasteiger partial charge in [0.1, 0.15) is 17.6 Å². The number of carbonyl (C=O) groups excluding carboxylic acids is 2. The average molecular weight is 531 g/mol. The van der Waals surface area contributed by atoms with Crippen LogP contribution in [0.1, 0.15) is 63.1 Å². The molecule has 0 spiro atoms. The van der Waals surface area contributed by atoms with Crippen LogP contribution in [0.3, 0.4) is 0 Å². The normalized spacial score (nSPS) is 14.6. The van der Waals surface area contributed by atoms with Crippen molar-refractivity contribution in [1.29, 1.82) is 0 Å². The van der Waals surface area contributed by atoms with Crippen molar-refractivity contribution in [2.24, 2.45) is 0 Å². The molecule has 0 aliphatic heterocycles. The maximum Gasteiger partial charge on any atom is 0.261 e. The van der Waals surface area contributed by atoms with Crippen LogP contribution in [0.15, 0.2) is 78.9 Å². The first-order valence-corrected chi connectivity index (χ1v) is 13.8. The molecule has 1 atom stereocenters. The standard InChI is InChI=1S/C33H39FN2O3/c1-33(2,3)26-17-19-28(20-18-26)39-23-31(37)36(22-25-13-7-10-16-29(25)34)30(21-24-11-5-4-6-12-24)32(38)35-27-14-8-9-15-27/h4-7,10-13,16-20,27,30H,8-9,14-15,21-23H2,1-3H3,(H,35,38)/t30-/m1/s1. The zero-order chi connectivity index (χ0) is 27.8. The van der Waals surface area contributed by atoms with E-state index in [2.05, 4.69) is 26.1 Å². The molecule has 1 saturated carbocycles. The van der Waals surface area contributed by atoms with E-state index in [1.807, 2.05) is 54.6 Å². The van der Waals surface area contributed by atoms with Gasteiger partial charge in [0, 0.05) is 24.6 Å². The molecule has 2 amide bonds. The Bertz CT molecular complexity index is 1230. The summed E-state index contributed by atoms with van der Waals surface area (Å²) in [6.45, 7) is 6.11. The quantitative estimate of drug-likeness (QED) is 0.340. The maximum atomic E-state index is 14.7. The second kappa shape index (κ2) is 12.9. The van der Waals surface area contributed by atoms with Crippen LogP contribution in [-0.4, -0.2) is 35.4 Å². The predicted octanol–water partition coefficient (Wildman–Crippen LogP) is 6.20. The van der Waals surface area contributed by atoms with Gasteiger partial charge in [-0.25, -0.2) is 4.39 Å². The van der Waals surface area contributed by atoms with Crippen molar-refractivity contribution in [2.45, 2.75) is 76.9 Å². The summed E-state index contributed by atoms with van der Waals surface area (Å²) in [5.41, 5.74) is 2.44. The minimum absolute atomic E-state index is 0.00223. The Labute approximate surface area is 231 Å². The third-order valence-electron chi connectivity index (χ3n) is 7.35. The predicted molar refractivity (Wildman–Crippen MR) is 152 cm³/mol. The topological polar surface area (TPSA) is 58.6 Å². The lowest BCUT2D eigenvalue weighted by Crippen LogP contribution is -2.53. The lowest BCUT2D eigenvalue weighted by molar-refractivity contribution is -0.143. The van der Waals surface area contributed by atoms with E-state index in [-0.39, 0.29) is 36.4 Å². The lowest BCUT2D eigenvalue weighted by atomic mass is 9.87. The smallest absolute Gasteiger partial charge is 0.261 e. The molecule has 0 aromatic heterocycles. The van der Waals surface area contributed by atoms with Gasteiger partial charge >= 0.3 is 0 Å². The largest absolute Gasteiger partial charge is 0.484 e. The number of benzene rings is 3. The van der Waals surface area contributed by atoms with Gasteiger partial charge in [-0.3, -0.25) is 9.59 Å². The third-order valence-corrected chi connectivity index (χ3v) is 7.35. The Morgan fingerprint density at radius 3 is 2.23 bits per heavy atom. The second-order valence-electron chi connectivity index (χ2n) is 11.4. The molecular weight excluding hydrogens is 491 g/mol. The fourth-order valence-electron chi connectivity index (χ4n) is 5.01. The molecule has 1 N–H and O–H groups in total. The van der Waals surface area contributed by atoms with Crippen LogP contribution < -0.4 is 10.1 Å². The molecule has 0 saturated heterocycles. The summed E-state index contributed by atoms with van der Waals surface area (Å²) >= 11 is 0. The molecule has 5 nitrogen and oxygen atoms in total. The maximum absolute atomic E-state index is 14.7. The van der Waals surface area contributed by atoms with Crippen molar-refractivity contribution >= 4 is 11.8 Å². The Morgan fingerprint density at radius 1 is 0.949 bits per heavy atom. The van der Waals surface area contributed by atoms with E-state index in [4.69, 9.17) is 4.74 Å². The van der Waals surface area contributed by atoms with Crippen LogP contribution >= 0.6 is 0 Å². The van der Waals surface area contributed by atoms with Crippen LogP contribution in [-0.2, 0) is 28.0 Å². The number of halogens is 1. The lowest BCUT2D eigenvalue weighted by Gasteiger charge is -2.32. The van der Waals surface area contributed by atoms with Gasteiger partial charge in [0.05, 0.1) is 0 Å². The number of nitrogens with zero attached hydrogens (tertiary/aromatic N) is 1. The molecule has 1 aliphatic rings. The Morgan fingerprint density at radius 2 is 1.59 bits per heavy atom. The van der Waals surface area contributed by atoms with E-state index in [0.717, 1.165) is 36.8 Å². The van der Waals surface area contributed by atoms with Crippen molar-refractivity contribution in [2.75, 3.05) is 6.61 Å². The Balaban J connectivity index is 1.59. The van der Waals surface area contributed by atoms with Crippen LogP contribution in [0.2, 0.25) is 0 Å². The highest BCUT2D eigenvalue weighted by Gasteiger charge is 2.33. The van der Waals surface area contributed by atoms with Gasteiger partial charge in [0.25, 0.3) is 5.91 Å². The Hall–Kier alpha value is -3.67. The van der Waals surface area contributed by atoms with Crippen LogP contribution in [0.5, 0.6) is 5.75 Å². The van der Waals surface area contributed by atoms with E-state index < -0.39 is 11.9 Å². The molecule has 3 aromatic carbocycles. The highest BCUT2D eigenvalue weighted by molar-refractivity contribution is 5.88. The highest BCUT2D eigenvalue weighted by atomic mass is 19.1. The summed E-state index contributed by atoms with van der Waals surface area (Å²) in [5.74, 6) is -0.438. The second-order valence-corrected chi connectivity index (χ2v) is 11.4. The fraction of sp³-hybridized carbons (Fsp3) is 0.394. The number of hydrogen-bond acceptors (Lipinski definition) is 3. The number of carbonyl (C=O) groups is 2. The molecule has 6 heteroatoms. The van der Waals surface area contributed by atoms with Gasteiger partial charge in [0.15, 0.2) is 6.61 Å². The van der Waals surface area contributed by atoms with Crippen LogP contribution in [0.4, 0.5) is 4.39 Å². The molecule has 206 valence electrons. The molecule has 0 radical (unpaired) electrons. The van der Waals surface area contributed by atoms with Gasteiger partial charge in [-0.2, -0.15) is 0 Å². The minimum atomic E-state index is -0.813. The van der Waals surface area contributed by atoms with Crippen molar-refractivity contribution in [3.63, 3.8) is 0 Å². The molecule has 0 bridgehead atoms. The van der Waals surface area contributed by atoms with E-state index in [9.17, 15) is 14.0 Å². The van der Waals surface area contributed by atoms with Crippen LogP contribution in [0, 0.1) is 5.82 Å². The number of hydrogen-bond donors (Lipinski definition) is 1. The van der Waals surface area contributed by atoms with Gasteiger partial charge in [0.2, 0.25) is 5.91 Å². The number of ether oxygens (including phenoxy) is 1. The first-order chi connectivity index (χ1) is 18.7. The number of nitrogens with one attached hydrogen (secondary N) is 1. The van der Waals surface area contributed by atoms with Crippen molar-refractivity contribution in [1.82, 2.24) is 10.2 Å². The zero-order valence-electron chi connectivity index (χ0n) is 23.2. The third kappa shape index (κ3) is 7.92. The first kappa shape index (κ1) is 28.3. The van der Waals surface area contributed by atoms with E-state index in [1.165, 1.54) is 11.0 Å². The molecule has 4 rings (SSSR count).